The summed E-state index contributed by atoms with van der Waals surface area (Å²) in [6, 6.07) is 10.4. The summed E-state index contributed by atoms with van der Waals surface area (Å²) < 4.78 is 5.30. The molecule has 3 aromatic rings. The Bertz CT molecular complexity index is 1020. The van der Waals surface area contributed by atoms with Crippen LogP contribution in [0.4, 0.5) is 0 Å². The van der Waals surface area contributed by atoms with Crippen LogP contribution in [0, 0.1) is 6.92 Å². The molecule has 0 spiro atoms. The van der Waals surface area contributed by atoms with E-state index in [1.807, 2.05) is 13.0 Å². The zero-order valence-corrected chi connectivity index (χ0v) is 14.4. The Labute approximate surface area is 148 Å². The van der Waals surface area contributed by atoms with Gasteiger partial charge >= 0.3 is 5.63 Å². The van der Waals surface area contributed by atoms with Crippen molar-refractivity contribution in [3.05, 3.63) is 80.1 Å². The van der Waals surface area contributed by atoms with Crippen LogP contribution in [0.2, 0.25) is 10.0 Å². The van der Waals surface area contributed by atoms with Crippen LogP contribution in [0.15, 0.2) is 52.2 Å². The molecule has 0 atom stereocenters. The minimum Gasteiger partial charge on any atom is -0.507 e. The molecule has 0 unspecified atom stereocenters. The molecule has 3 nitrogen and oxygen atoms in total. The molecular formula is C19H14Cl2O3. The van der Waals surface area contributed by atoms with Crippen LogP contribution < -0.4 is 5.63 Å². The maximum atomic E-state index is 12.2. The van der Waals surface area contributed by atoms with Gasteiger partial charge in [-0.05, 0) is 42.3 Å². The highest BCUT2D eigenvalue weighted by Gasteiger charge is 2.16. The second-order valence-corrected chi connectivity index (χ2v) is 6.44. The predicted molar refractivity (Wildman–Crippen MR) is 98.1 cm³/mol. The summed E-state index contributed by atoms with van der Waals surface area (Å²) in [4.78, 5) is 12.2. The number of fused-ring (bicyclic) bond motifs is 1. The zero-order chi connectivity index (χ0) is 17.4. The maximum absolute atomic E-state index is 12.2. The van der Waals surface area contributed by atoms with Gasteiger partial charge < -0.3 is 9.52 Å². The first-order valence-corrected chi connectivity index (χ1v) is 8.01. The first kappa shape index (κ1) is 16.6. The predicted octanol–water partition coefficient (Wildman–Crippen LogP) is 5.37. The summed E-state index contributed by atoms with van der Waals surface area (Å²) in [7, 11) is 0. The van der Waals surface area contributed by atoms with Gasteiger partial charge in [0, 0.05) is 6.42 Å². The van der Waals surface area contributed by atoms with Crippen LogP contribution in [0.1, 0.15) is 16.7 Å². The van der Waals surface area contributed by atoms with Crippen molar-refractivity contribution in [2.75, 3.05) is 0 Å². The third-order valence-electron chi connectivity index (χ3n) is 3.84. The van der Waals surface area contributed by atoms with Crippen molar-refractivity contribution < 1.29 is 9.52 Å². The summed E-state index contributed by atoms with van der Waals surface area (Å²) in [5.41, 5.74) is 2.28. The molecule has 5 heteroatoms. The van der Waals surface area contributed by atoms with Gasteiger partial charge in [-0.25, -0.2) is 4.79 Å². The molecule has 0 bridgehead atoms. The molecule has 0 saturated heterocycles. The first-order chi connectivity index (χ1) is 11.4. The van der Waals surface area contributed by atoms with Gasteiger partial charge in [-0.1, -0.05) is 47.5 Å². The highest BCUT2D eigenvalue weighted by atomic mass is 35.5. The van der Waals surface area contributed by atoms with Gasteiger partial charge in [0.15, 0.2) is 0 Å². The van der Waals surface area contributed by atoms with E-state index in [4.69, 9.17) is 27.6 Å². The van der Waals surface area contributed by atoms with Crippen LogP contribution in [0.5, 0.6) is 5.75 Å². The fourth-order valence-corrected chi connectivity index (χ4v) is 2.82. The second-order valence-electron chi connectivity index (χ2n) is 5.63. The molecular weight excluding hydrogens is 347 g/mol. The Morgan fingerprint density at radius 3 is 2.62 bits per heavy atom. The summed E-state index contributed by atoms with van der Waals surface area (Å²) in [5, 5.41) is 11.9. The van der Waals surface area contributed by atoms with Gasteiger partial charge in [-0.15, -0.1) is 0 Å². The van der Waals surface area contributed by atoms with Crippen LogP contribution in [0.25, 0.3) is 16.5 Å². The van der Waals surface area contributed by atoms with Crippen molar-refractivity contribution in [1.82, 2.24) is 0 Å². The maximum Gasteiger partial charge on any atom is 0.343 e. The number of aryl methyl sites for hydroxylation is 1. The van der Waals surface area contributed by atoms with Crippen molar-refractivity contribution in [2.24, 2.45) is 0 Å². The molecule has 0 radical (unpaired) electrons. The molecule has 0 amide bonds. The summed E-state index contributed by atoms with van der Waals surface area (Å²) in [5.74, 6) is -0.0776. The fraction of sp³-hybridized carbons (Fsp3) is 0.105. The van der Waals surface area contributed by atoms with Gasteiger partial charge in [-0.2, -0.15) is 0 Å². The Kier molecular flexibility index (Phi) is 4.39. The lowest BCUT2D eigenvalue weighted by Gasteiger charge is -2.10. The molecule has 0 fully saturated rings. The van der Waals surface area contributed by atoms with E-state index < -0.39 is 5.63 Å². The van der Waals surface area contributed by atoms with Crippen molar-refractivity contribution in [2.45, 2.75) is 13.3 Å². The molecule has 0 aliphatic heterocycles. The van der Waals surface area contributed by atoms with Gasteiger partial charge in [0.25, 0.3) is 0 Å². The number of benzene rings is 2. The Hall–Kier alpha value is -2.23. The van der Waals surface area contributed by atoms with Crippen molar-refractivity contribution in [3.8, 4) is 5.75 Å². The van der Waals surface area contributed by atoms with Crippen molar-refractivity contribution in [1.29, 1.82) is 0 Å². The Morgan fingerprint density at radius 2 is 1.92 bits per heavy atom. The molecule has 2 aromatic carbocycles. The highest BCUT2D eigenvalue weighted by molar-refractivity contribution is 6.42. The molecule has 122 valence electrons. The lowest BCUT2D eigenvalue weighted by Crippen LogP contribution is -2.08. The summed E-state index contributed by atoms with van der Waals surface area (Å²) in [6.45, 7) is 5.88. The average molecular weight is 361 g/mol. The number of hydrogen-bond donors (Lipinski definition) is 1. The molecule has 24 heavy (non-hydrogen) atoms. The smallest absolute Gasteiger partial charge is 0.343 e. The van der Waals surface area contributed by atoms with Crippen LogP contribution in [-0.2, 0) is 6.42 Å². The van der Waals surface area contributed by atoms with Gasteiger partial charge in [0.2, 0.25) is 0 Å². The van der Waals surface area contributed by atoms with Crippen LogP contribution in [-0.4, -0.2) is 5.11 Å². The molecule has 1 aromatic heterocycles. The average Bonchev–Trinajstić information content (AvgIpc) is 2.54. The van der Waals surface area contributed by atoms with E-state index >= 15 is 0 Å². The zero-order valence-electron chi connectivity index (χ0n) is 12.9. The minimum absolute atomic E-state index is 0.0776. The Morgan fingerprint density at radius 1 is 1.17 bits per heavy atom. The number of rotatable bonds is 3. The standard InChI is InChI=1S/C19H14Cl2O3/c1-10-3-6-17-13(7-10)18(22)14(19(23)24-17)8-11(2)12-4-5-15(20)16(21)9-12/h3-7,9,22H,2,8H2,1H3. The summed E-state index contributed by atoms with van der Waals surface area (Å²) in [6.07, 6.45) is 0.149. The van der Waals surface area contributed by atoms with Gasteiger partial charge in [-0.3, -0.25) is 0 Å². The van der Waals surface area contributed by atoms with Crippen LogP contribution in [0.3, 0.4) is 0 Å². The third-order valence-corrected chi connectivity index (χ3v) is 4.58. The molecule has 0 saturated carbocycles. The van der Waals surface area contributed by atoms with Gasteiger partial charge in [0.1, 0.15) is 11.3 Å². The number of halogens is 2. The quantitative estimate of drug-likeness (QED) is 0.638. The Balaban J connectivity index is 2.04. The second kappa shape index (κ2) is 6.34. The van der Waals surface area contributed by atoms with E-state index in [-0.39, 0.29) is 17.7 Å². The number of hydrogen-bond acceptors (Lipinski definition) is 3. The monoisotopic (exact) mass is 360 g/mol. The highest BCUT2D eigenvalue weighted by Crippen LogP contribution is 2.31. The molecule has 1 N–H and O–H groups in total. The molecule has 0 aliphatic rings. The van der Waals surface area contributed by atoms with E-state index in [2.05, 4.69) is 6.58 Å². The largest absolute Gasteiger partial charge is 0.507 e. The van der Waals surface area contributed by atoms with Crippen LogP contribution >= 0.6 is 23.2 Å². The fourth-order valence-electron chi connectivity index (χ4n) is 2.53. The SMILES string of the molecule is C=C(Cc1c(O)c2cc(C)ccc2oc1=O)c1ccc(Cl)c(Cl)c1. The summed E-state index contributed by atoms with van der Waals surface area (Å²) >= 11 is 11.9. The number of aromatic hydroxyl groups is 1. The minimum atomic E-state index is -0.579. The van der Waals surface area contributed by atoms with E-state index in [0.717, 1.165) is 11.1 Å². The molecule has 1 heterocycles. The van der Waals surface area contributed by atoms with Crippen molar-refractivity contribution in [3.63, 3.8) is 0 Å². The molecule has 0 aliphatic carbocycles. The number of allylic oxidation sites excluding steroid dienone is 1. The molecule has 3 rings (SSSR count). The van der Waals surface area contributed by atoms with Gasteiger partial charge in [0.05, 0.1) is 21.0 Å². The van der Waals surface area contributed by atoms with E-state index in [1.165, 1.54) is 0 Å². The lowest BCUT2D eigenvalue weighted by molar-refractivity contribution is 0.459. The first-order valence-electron chi connectivity index (χ1n) is 7.25. The lowest BCUT2D eigenvalue weighted by atomic mass is 9.99. The normalized spacial score (nSPS) is 11.0. The van der Waals surface area contributed by atoms with E-state index in [9.17, 15) is 9.90 Å². The van der Waals surface area contributed by atoms with E-state index in [0.29, 0.717) is 26.6 Å². The third kappa shape index (κ3) is 3.05. The van der Waals surface area contributed by atoms with E-state index in [1.54, 1.807) is 30.3 Å². The topological polar surface area (TPSA) is 50.4 Å². The van der Waals surface area contributed by atoms with Crippen molar-refractivity contribution >= 4 is 39.7 Å².